The molecule has 0 spiro atoms. The van der Waals surface area contributed by atoms with Crippen molar-refractivity contribution in [1.29, 1.82) is 0 Å². The van der Waals surface area contributed by atoms with Crippen LogP contribution in [0.15, 0.2) is 12.2 Å². The lowest BCUT2D eigenvalue weighted by atomic mass is 9.88. The molecule has 3 aliphatic rings. The third-order valence-corrected chi connectivity index (χ3v) is 15.2. The largest absolute Gasteiger partial charge is 0.477 e. The Balaban J connectivity index is 1.69. The predicted molar refractivity (Wildman–Crippen MR) is 288 cm³/mol. The van der Waals surface area contributed by atoms with Crippen molar-refractivity contribution in [1.82, 2.24) is 10.6 Å². The maximum atomic E-state index is 13.3. The molecule has 0 aliphatic carbocycles. The molecule has 0 aromatic carbocycles. The number of carbonyl (C=O) groups is 3. The maximum Gasteiger partial charge on any atom is 0.364 e. The van der Waals surface area contributed by atoms with Gasteiger partial charge in [0, 0.05) is 19.8 Å². The van der Waals surface area contributed by atoms with E-state index in [1.165, 1.54) is 96.3 Å². The minimum atomic E-state index is -3.08. The van der Waals surface area contributed by atoms with Crippen LogP contribution in [0.1, 0.15) is 188 Å². The second-order valence-electron chi connectivity index (χ2n) is 21.9. The van der Waals surface area contributed by atoms with Crippen LogP contribution in [0.5, 0.6) is 0 Å². The summed E-state index contributed by atoms with van der Waals surface area (Å²) in [6.07, 6.45) is 1.48. The zero-order valence-electron chi connectivity index (χ0n) is 47.2. The molecule has 18 unspecified atom stereocenters. The first kappa shape index (κ1) is 70.7. The summed E-state index contributed by atoms with van der Waals surface area (Å²) in [4.78, 5) is 38.3. The van der Waals surface area contributed by atoms with Gasteiger partial charge in [0.1, 0.15) is 67.1 Å². The Kier molecular flexibility index (Phi) is 35.0. The zero-order valence-corrected chi connectivity index (χ0v) is 47.2. The van der Waals surface area contributed by atoms with Gasteiger partial charge in [-0.05, 0) is 19.3 Å². The Bertz CT molecular complexity index is 1680. The van der Waals surface area contributed by atoms with E-state index in [0.717, 1.165) is 51.9 Å². The van der Waals surface area contributed by atoms with Crippen molar-refractivity contribution in [3.63, 3.8) is 0 Å². The van der Waals surface area contributed by atoms with Crippen molar-refractivity contribution in [2.24, 2.45) is 0 Å². The van der Waals surface area contributed by atoms with Crippen LogP contribution in [0.4, 0.5) is 0 Å². The second kappa shape index (κ2) is 39.1. The van der Waals surface area contributed by atoms with Gasteiger partial charge in [0.2, 0.25) is 11.8 Å². The number of unbranched alkanes of at least 4 members (excludes halogenated alkanes) is 22. The lowest BCUT2D eigenvalue weighted by Gasteiger charge is -2.50. The summed E-state index contributed by atoms with van der Waals surface area (Å²) in [7, 11) is 0. The van der Waals surface area contributed by atoms with E-state index in [-0.39, 0.29) is 12.3 Å². The molecule has 2 amide bonds. The lowest BCUT2D eigenvalue weighted by molar-refractivity contribution is -0.386. The number of allylic oxidation sites excluding steroid dienone is 1. The van der Waals surface area contributed by atoms with E-state index < -0.39 is 155 Å². The van der Waals surface area contributed by atoms with Crippen molar-refractivity contribution in [2.45, 2.75) is 298 Å². The van der Waals surface area contributed by atoms with E-state index in [0.29, 0.717) is 12.8 Å². The number of nitrogens with one attached hydrogen (secondary N) is 2. The molecule has 462 valence electrons. The fourth-order valence-corrected chi connectivity index (χ4v) is 10.4. The smallest absolute Gasteiger partial charge is 0.364 e. The Morgan fingerprint density at radius 1 is 0.658 bits per heavy atom. The maximum absolute atomic E-state index is 13.3. The monoisotopic (exact) mass is 1140 g/mol. The quantitative estimate of drug-likeness (QED) is 0.0307. The van der Waals surface area contributed by atoms with E-state index in [2.05, 4.69) is 24.5 Å². The van der Waals surface area contributed by atoms with Crippen LogP contribution >= 0.6 is 0 Å². The van der Waals surface area contributed by atoms with Crippen molar-refractivity contribution in [2.75, 3.05) is 26.4 Å². The summed E-state index contributed by atoms with van der Waals surface area (Å²) in [6.45, 7) is 2.07. The van der Waals surface area contributed by atoms with Crippen molar-refractivity contribution < 1.29 is 104 Å². The Hall–Kier alpha value is -2.53. The molecule has 23 heteroatoms. The van der Waals surface area contributed by atoms with Gasteiger partial charge in [0.15, 0.2) is 12.6 Å². The number of hydrogen-bond acceptors (Lipinski definition) is 20. The molecule has 0 saturated carbocycles. The number of carboxylic acid groups (broad SMARTS) is 1. The van der Waals surface area contributed by atoms with Gasteiger partial charge in [-0.25, -0.2) is 4.79 Å². The average Bonchev–Trinajstić information content (AvgIpc) is 3.51. The Morgan fingerprint density at radius 3 is 1.68 bits per heavy atom. The SMILES string of the molecule is CCCCCCCCCCCCC/C=C/C(O)C(COC1OC(CO)C(OC2OC(CO)C(O)C(OC3(C(=O)O)CC(O)C(NC(C)=O)C(C(O)C(O)CO)O3)C2O)C(O)C1O)NC(=O)CCCCCCCCCCCCCC. The highest BCUT2D eigenvalue weighted by Crippen LogP contribution is 2.38. The third-order valence-electron chi connectivity index (χ3n) is 15.2. The summed E-state index contributed by atoms with van der Waals surface area (Å²) in [6, 6.07) is -2.61. The fraction of sp³-hybridized carbons (Fsp3) is 0.911. The molecule has 3 aliphatic heterocycles. The molecule has 79 heavy (non-hydrogen) atoms. The highest BCUT2D eigenvalue weighted by Gasteiger charge is 2.60. The molecule has 18 atom stereocenters. The van der Waals surface area contributed by atoms with Crippen molar-refractivity contribution in [3.8, 4) is 0 Å². The van der Waals surface area contributed by atoms with E-state index in [9.17, 15) is 75.7 Å². The topological polar surface area (TPSA) is 373 Å². The number of ether oxygens (including phenoxy) is 6. The van der Waals surface area contributed by atoms with E-state index in [1.807, 2.05) is 6.08 Å². The van der Waals surface area contributed by atoms with E-state index in [4.69, 9.17) is 28.4 Å². The highest BCUT2D eigenvalue weighted by molar-refractivity contribution is 5.77. The Morgan fingerprint density at radius 2 is 1.18 bits per heavy atom. The summed E-state index contributed by atoms with van der Waals surface area (Å²) in [5.41, 5.74) is 0. The Labute approximate surface area is 467 Å². The van der Waals surface area contributed by atoms with Crippen LogP contribution in [0.25, 0.3) is 0 Å². The van der Waals surface area contributed by atoms with Gasteiger partial charge < -0.3 is 100 Å². The number of hydrogen-bond donors (Lipinski definition) is 14. The van der Waals surface area contributed by atoms with Gasteiger partial charge in [-0.1, -0.05) is 161 Å². The number of rotatable bonds is 42. The van der Waals surface area contributed by atoms with Crippen molar-refractivity contribution >= 4 is 17.8 Å². The number of carbonyl (C=O) groups excluding carboxylic acids is 2. The molecule has 0 aromatic heterocycles. The molecule has 3 saturated heterocycles. The minimum absolute atomic E-state index is 0.203. The van der Waals surface area contributed by atoms with Crippen LogP contribution in [0.3, 0.4) is 0 Å². The zero-order chi connectivity index (χ0) is 58.3. The van der Waals surface area contributed by atoms with Gasteiger partial charge in [-0.15, -0.1) is 0 Å². The summed E-state index contributed by atoms with van der Waals surface area (Å²) in [5, 5.41) is 135. The first-order valence-corrected chi connectivity index (χ1v) is 29.6. The predicted octanol–water partition coefficient (Wildman–Crippen LogP) is 2.00. The molecule has 3 fully saturated rings. The molecule has 14 N–H and O–H groups in total. The fourth-order valence-electron chi connectivity index (χ4n) is 10.4. The number of aliphatic hydroxyl groups excluding tert-OH is 11. The standard InChI is InChI=1S/C56H102N2O21/c1-4-6-8-10-12-14-16-18-19-21-23-25-27-29-38(63)37(58-43(66)30-28-26-24-22-20-17-15-13-11-9-7-5-2)35-74-53-48(70)47(69)50(42(34-61)76-53)77-54-49(71)52(46(68)41(33-60)75-54)79-56(55(72)73)31-39(64)44(57-36(3)62)51(78-56)45(67)40(65)32-59/h27,29,37-42,44-54,59-61,63-65,67-71H,4-26,28,30-35H2,1-3H3,(H,57,62)(H,58,66)(H,72,73)/b29-27+. The average molecular weight is 1140 g/mol. The normalized spacial score (nSPS) is 30.9. The first-order valence-electron chi connectivity index (χ1n) is 29.6. The molecule has 0 radical (unpaired) electrons. The molecular formula is C56H102N2O21. The van der Waals surface area contributed by atoms with E-state index >= 15 is 0 Å². The van der Waals surface area contributed by atoms with Gasteiger partial charge in [0.25, 0.3) is 5.79 Å². The van der Waals surface area contributed by atoms with Gasteiger partial charge in [0.05, 0.1) is 50.7 Å². The number of aliphatic hydroxyl groups is 11. The second-order valence-corrected chi connectivity index (χ2v) is 21.9. The molecule has 3 heterocycles. The molecule has 23 nitrogen and oxygen atoms in total. The summed E-state index contributed by atoms with van der Waals surface area (Å²) < 4.78 is 34.6. The number of carboxylic acids is 1. The number of amides is 2. The van der Waals surface area contributed by atoms with Gasteiger partial charge in [-0.2, -0.15) is 0 Å². The van der Waals surface area contributed by atoms with Crippen LogP contribution in [0.2, 0.25) is 0 Å². The van der Waals surface area contributed by atoms with Crippen LogP contribution in [-0.2, 0) is 42.8 Å². The van der Waals surface area contributed by atoms with Gasteiger partial charge in [-0.3, -0.25) is 9.59 Å². The molecule has 0 bridgehead atoms. The van der Waals surface area contributed by atoms with E-state index in [1.54, 1.807) is 6.08 Å². The van der Waals surface area contributed by atoms with Crippen LogP contribution in [-0.4, -0.2) is 215 Å². The van der Waals surface area contributed by atoms with Crippen LogP contribution in [0, 0.1) is 0 Å². The third kappa shape index (κ3) is 23.9. The lowest BCUT2D eigenvalue weighted by Crippen LogP contribution is -2.70. The minimum Gasteiger partial charge on any atom is -0.477 e. The summed E-state index contributed by atoms with van der Waals surface area (Å²) >= 11 is 0. The van der Waals surface area contributed by atoms with Gasteiger partial charge >= 0.3 is 5.97 Å². The van der Waals surface area contributed by atoms with Crippen LogP contribution < -0.4 is 10.6 Å². The molecule has 3 rings (SSSR count). The highest BCUT2D eigenvalue weighted by atomic mass is 16.8. The molecular weight excluding hydrogens is 1040 g/mol. The van der Waals surface area contributed by atoms with Crippen molar-refractivity contribution in [3.05, 3.63) is 12.2 Å². The number of aliphatic carboxylic acids is 1. The summed E-state index contributed by atoms with van der Waals surface area (Å²) in [5.74, 6) is -6.14. The molecule has 0 aromatic rings. The first-order chi connectivity index (χ1) is 37.9.